The number of rotatable bonds is 3. The van der Waals surface area contributed by atoms with Crippen LogP contribution in [0.2, 0.25) is 0 Å². The lowest BCUT2D eigenvalue weighted by Crippen LogP contribution is -2.11. The summed E-state index contributed by atoms with van der Waals surface area (Å²) < 4.78 is 8.88. The van der Waals surface area contributed by atoms with E-state index in [2.05, 4.69) is 60.0 Å². The van der Waals surface area contributed by atoms with Gasteiger partial charge in [-0.25, -0.2) is 0 Å². The number of benzene rings is 1. The number of hydrogen-bond donors (Lipinski definition) is 1. The third kappa shape index (κ3) is 2.90. The van der Waals surface area contributed by atoms with Crippen molar-refractivity contribution in [2.45, 2.75) is 13.0 Å². The van der Waals surface area contributed by atoms with E-state index in [1.54, 1.807) is 0 Å². The molecule has 1 atom stereocenters. The van der Waals surface area contributed by atoms with Gasteiger partial charge in [0.25, 0.3) is 0 Å². The van der Waals surface area contributed by atoms with Gasteiger partial charge in [0, 0.05) is 19.0 Å². The summed E-state index contributed by atoms with van der Waals surface area (Å²) in [6.45, 7) is 2.06. The van der Waals surface area contributed by atoms with Crippen LogP contribution in [0.4, 0.5) is 0 Å². The minimum atomic E-state index is 0.201. The van der Waals surface area contributed by atoms with Gasteiger partial charge >= 0.3 is 0 Å². The molecule has 1 aromatic carbocycles. The zero-order chi connectivity index (χ0) is 13.3. The Morgan fingerprint density at radius 1 is 1.11 bits per heavy atom. The first-order valence-corrected chi connectivity index (χ1v) is 7.82. The minimum Gasteiger partial charge on any atom is -0.459 e. The Morgan fingerprint density at radius 3 is 2.28 bits per heavy atom. The topological polar surface area (TPSA) is 25.2 Å². The van der Waals surface area contributed by atoms with Crippen LogP contribution in [0.25, 0.3) is 11.3 Å². The maximum absolute atomic E-state index is 5.89. The predicted molar refractivity (Wildman–Crippen MR) is 84.7 cm³/mol. The third-order valence-electron chi connectivity index (χ3n) is 2.74. The van der Waals surface area contributed by atoms with Crippen molar-refractivity contribution in [2.75, 3.05) is 7.05 Å². The molecule has 1 heterocycles. The van der Waals surface area contributed by atoms with E-state index in [0.29, 0.717) is 0 Å². The largest absolute Gasteiger partial charge is 0.459 e. The lowest BCUT2D eigenvalue weighted by atomic mass is 10.2. The number of hydrogen-bond acceptors (Lipinski definition) is 2. The number of halogens is 3. The molecule has 0 saturated carbocycles. The van der Waals surface area contributed by atoms with Crippen LogP contribution in [0.1, 0.15) is 18.7 Å². The summed E-state index contributed by atoms with van der Waals surface area (Å²) in [4.78, 5) is 0. The predicted octanol–water partition coefficient (Wildman–Crippen LogP) is 5.51. The molecule has 2 nitrogen and oxygen atoms in total. The van der Waals surface area contributed by atoms with Gasteiger partial charge in [0.05, 0.1) is 6.04 Å². The summed E-state index contributed by atoms with van der Waals surface area (Å²) in [7, 11) is 1.92. The van der Waals surface area contributed by atoms with E-state index in [4.69, 9.17) is 4.42 Å². The average Bonchev–Trinajstić information content (AvgIpc) is 2.76. The molecule has 2 rings (SSSR count). The smallest absolute Gasteiger partial charge is 0.136 e. The van der Waals surface area contributed by atoms with Crippen LogP contribution in [0.15, 0.2) is 42.1 Å². The molecule has 96 valence electrons. The molecule has 2 aromatic rings. The van der Waals surface area contributed by atoms with Gasteiger partial charge in [0.15, 0.2) is 0 Å². The molecule has 0 fully saturated rings. The normalized spacial score (nSPS) is 12.7. The van der Waals surface area contributed by atoms with Gasteiger partial charge < -0.3 is 9.73 Å². The van der Waals surface area contributed by atoms with Crippen molar-refractivity contribution in [2.24, 2.45) is 0 Å². The molecule has 1 N–H and O–H groups in total. The Kier molecular flexibility index (Phi) is 4.69. The van der Waals surface area contributed by atoms with E-state index in [0.717, 1.165) is 30.5 Å². The van der Waals surface area contributed by atoms with E-state index in [1.165, 1.54) is 0 Å². The van der Waals surface area contributed by atoms with Crippen LogP contribution in [-0.2, 0) is 0 Å². The maximum Gasteiger partial charge on any atom is 0.136 e. The quantitative estimate of drug-likeness (QED) is 0.684. The maximum atomic E-state index is 5.89. The molecule has 5 heteroatoms. The second-order valence-electron chi connectivity index (χ2n) is 3.96. The zero-order valence-electron chi connectivity index (χ0n) is 9.93. The lowest BCUT2D eigenvalue weighted by molar-refractivity contribution is 0.458. The van der Waals surface area contributed by atoms with Crippen LogP contribution >= 0.6 is 47.8 Å². The molecule has 0 aliphatic heterocycles. The average molecular weight is 438 g/mol. The van der Waals surface area contributed by atoms with Crippen LogP contribution in [0, 0.1) is 0 Å². The van der Waals surface area contributed by atoms with Crippen molar-refractivity contribution < 1.29 is 4.42 Å². The minimum absolute atomic E-state index is 0.201. The van der Waals surface area contributed by atoms with Crippen molar-refractivity contribution >= 4 is 47.8 Å². The van der Waals surface area contributed by atoms with Gasteiger partial charge in [0.1, 0.15) is 11.5 Å². The van der Waals surface area contributed by atoms with Gasteiger partial charge in [-0.05, 0) is 70.1 Å². The van der Waals surface area contributed by atoms with Gasteiger partial charge in [-0.3, -0.25) is 0 Å². The van der Waals surface area contributed by atoms with Crippen molar-refractivity contribution in [3.05, 3.63) is 43.4 Å². The van der Waals surface area contributed by atoms with E-state index in [1.807, 2.05) is 31.3 Å². The van der Waals surface area contributed by atoms with E-state index >= 15 is 0 Å². The van der Waals surface area contributed by atoms with E-state index in [9.17, 15) is 0 Å². The monoisotopic (exact) mass is 435 g/mol. The summed E-state index contributed by atoms with van der Waals surface area (Å²) in [5.74, 6) is 1.77. The first kappa shape index (κ1) is 14.3. The highest BCUT2D eigenvalue weighted by Crippen LogP contribution is 2.38. The third-order valence-corrected chi connectivity index (χ3v) is 4.45. The molecular formula is C13H12Br3NO. The SMILES string of the molecule is CNC(C)c1ccc(-c2c(Br)cc(Br)cc2Br)o1. The lowest BCUT2D eigenvalue weighted by Gasteiger charge is -2.08. The molecule has 1 aromatic heterocycles. The molecule has 0 spiro atoms. The van der Waals surface area contributed by atoms with Crippen LogP contribution in [0.5, 0.6) is 0 Å². The Bertz CT molecular complexity index is 542. The van der Waals surface area contributed by atoms with Crippen molar-refractivity contribution in [1.29, 1.82) is 0 Å². The molecule has 0 bridgehead atoms. The van der Waals surface area contributed by atoms with Gasteiger partial charge in [-0.1, -0.05) is 15.9 Å². The first-order chi connectivity index (χ1) is 8.52. The van der Waals surface area contributed by atoms with E-state index < -0.39 is 0 Å². The van der Waals surface area contributed by atoms with Crippen LogP contribution in [-0.4, -0.2) is 7.05 Å². The molecule has 18 heavy (non-hydrogen) atoms. The molecule has 0 amide bonds. The van der Waals surface area contributed by atoms with Gasteiger partial charge in [-0.2, -0.15) is 0 Å². The Labute approximate surface area is 132 Å². The summed E-state index contributed by atoms with van der Waals surface area (Å²) in [5.41, 5.74) is 1.02. The standard InChI is InChI=1S/C13H12Br3NO/c1-7(17-2)11-3-4-12(18-11)13-9(15)5-8(14)6-10(13)16/h3-7,17H,1-2H3. The molecular weight excluding hydrogens is 426 g/mol. The summed E-state index contributed by atoms with van der Waals surface area (Å²) in [6.07, 6.45) is 0. The highest BCUT2D eigenvalue weighted by atomic mass is 79.9. The Morgan fingerprint density at radius 2 is 1.72 bits per heavy atom. The Hall–Kier alpha value is -0.100. The van der Waals surface area contributed by atoms with Crippen molar-refractivity contribution in [3.8, 4) is 11.3 Å². The fourth-order valence-corrected chi connectivity index (χ4v) is 4.29. The van der Waals surface area contributed by atoms with Crippen molar-refractivity contribution in [1.82, 2.24) is 5.32 Å². The fourth-order valence-electron chi connectivity index (χ4n) is 1.64. The molecule has 0 radical (unpaired) electrons. The van der Waals surface area contributed by atoms with Gasteiger partial charge in [-0.15, -0.1) is 0 Å². The summed E-state index contributed by atoms with van der Waals surface area (Å²) >= 11 is 10.6. The molecule has 0 saturated heterocycles. The Balaban J connectivity index is 2.46. The molecule has 0 aliphatic carbocycles. The van der Waals surface area contributed by atoms with E-state index in [-0.39, 0.29) is 6.04 Å². The second kappa shape index (κ2) is 5.90. The fraction of sp³-hybridized carbons (Fsp3) is 0.231. The highest BCUT2D eigenvalue weighted by molar-refractivity contribution is 9.11. The molecule has 0 aliphatic rings. The van der Waals surface area contributed by atoms with Crippen LogP contribution < -0.4 is 5.32 Å². The molecule has 1 unspecified atom stereocenters. The number of nitrogens with one attached hydrogen (secondary N) is 1. The summed E-state index contributed by atoms with van der Waals surface area (Å²) in [5, 5.41) is 3.16. The van der Waals surface area contributed by atoms with Crippen LogP contribution in [0.3, 0.4) is 0 Å². The van der Waals surface area contributed by atoms with Gasteiger partial charge in [0.2, 0.25) is 0 Å². The summed E-state index contributed by atoms with van der Waals surface area (Å²) in [6, 6.07) is 8.19. The van der Waals surface area contributed by atoms with Crippen molar-refractivity contribution in [3.63, 3.8) is 0 Å². The number of furan rings is 1. The second-order valence-corrected chi connectivity index (χ2v) is 6.58. The first-order valence-electron chi connectivity index (χ1n) is 5.45. The zero-order valence-corrected chi connectivity index (χ0v) is 14.7. The highest BCUT2D eigenvalue weighted by Gasteiger charge is 2.15.